The van der Waals surface area contributed by atoms with Crippen molar-refractivity contribution in [3.8, 4) is 5.75 Å². The molecule has 118 valence electrons. The van der Waals surface area contributed by atoms with Gasteiger partial charge in [-0.15, -0.1) is 0 Å². The summed E-state index contributed by atoms with van der Waals surface area (Å²) < 4.78 is 10.6. The molecule has 0 aromatic heterocycles. The van der Waals surface area contributed by atoms with E-state index in [9.17, 15) is 9.90 Å². The van der Waals surface area contributed by atoms with Crippen molar-refractivity contribution in [1.82, 2.24) is 4.90 Å². The molecule has 0 radical (unpaired) electrons. The van der Waals surface area contributed by atoms with Crippen LogP contribution in [-0.4, -0.2) is 55.4 Å². The Morgan fingerprint density at radius 3 is 2.19 bits per heavy atom. The minimum atomic E-state index is -0.0718. The first-order valence-corrected chi connectivity index (χ1v) is 7.34. The minimum absolute atomic E-state index is 0.0718. The zero-order valence-electron chi connectivity index (χ0n) is 13.1. The van der Waals surface area contributed by atoms with Crippen LogP contribution >= 0.6 is 0 Å². The number of amides is 1. The highest BCUT2D eigenvalue weighted by molar-refractivity contribution is 5.94. The van der Waals surface area contributed by atoms with E-state index in [-0.39, 0.29) is 11.7 Å². The molecule has 1 N–H and O–H groups in total. The summed E-state index contributed by atoms with van der Waals surface area (Å²) in [5, 5.41) is 9.55. The third kappa shape index (κ3) is 5.73. The summed E-state index contributed by atoms with van der Waals surface area (Å²) in [6.07, 6.45) is 0. The second-order valence-corrected chi connectivity index (χ2v) is 4.69. The number of rotatable bonds is 9. The molecule has 1 aromatic carbocycles. The molecule has 21 heavy (non-hydrogen) atoms. The smallest absolute Gasteiger partial charge is 0.254 e. The van der Waals surface area contributed by atoms with Crippen molar-refractivity contribution in [2.75, 3.05) is 39.5 Å². The van der Waals surface area contributed by atoms with Gasteiger partial charge in [-0.25, -0.2) is 0 Å². The number of phenolic OH excluding ortho intramolecular Hbond substituents is 1. The van der Waals surface area contributed by atoms with Crippen molar-refractivity contribution in [3.05, 3.63) is 29.3 Å². The van der Waals surface area contributed by atoms with E-state index in [1.165, 1.54) is 0 Å². The maximum Gasteiger partial charge on any atom is 0.254 e. The van der Waals surface area contributed by atoms with E-state index >= 15 is 0 Å². The Kier molecular flexibility index (Phi) is 7.79. The van der Waals surface area contributed by atoms with Crippen molar-refractivity contribution in [1.29, 1.82) is 0 Å². The van der Waals surface area contributed by atoms with Gasteiger partial charge < -0.3 is 19.5 Å². The molecule has 0 atom stereocenters. The maximum absolute atomic E-state index is 12.5. The van der Waals surface area contributed by atoms with Crippen LogP contribution in [0, 0.1) is 6.92 Å². The number of benzene rings is 1. The predicted molar refractivity (Wildman–Crippen MR) is 81.7 cm³/mol. The lowest BCUT2D eigenvalue weighted by Crippen LogP contribution is -2.36. The van der Waals surface area contributed by atoms with Crippen molar-refractivity contribution in [2.24, 2.45) is 0 Å². The van der Waals surface area contributed by atoms with Crippen LogP contribution in [0.25, 0.3) is 0 Å². The molecule has 0 bridgehead atoms. The largest absolute Gasteiger partial charge is 0.508 e. The molecule has 5 heteroatoms. The van der Waals surface area contributed by atoms with Gasteiger partial charge in [0.25, 0.3) is 5.91 Å². The Hall–Kier alpha value is -1.59. The van der Waals surface area contributed by atoms with Crippen LogP contribution in [0.2, 0.25) is 0 Å². The first kappa shape index (κ1) is 17.5. The minimum Gasteiger partial charge on any atom is -0.508 e. The molecule has 5 nitrogen and oxygen atoms in total. The quantitative estimate of drug-likeness (QED) is 0.710. The SMILES string of the molecule is CCOCCN(CCOCC)C(=O)c1ccc(O)c(C)c1. The Labute approximate surface area is 126 Å². The average molecular weight is 295 g/mol. The van der Waals surface area contributed by atoms with Crippen LogP contribution in [-0.2, 0) is 9.47 Å². The second kappa shape index (κ2) is 9.37. The zero-order valence-corrected chi connectivity index (χ0v) is 13.1. The molecule has 0 aliphatic carbocycles. The number of nitrogens with zero attached hydrogens (tertiary/aromatic N) is 1. The number of ether oxygens (including phenoxy) is 2. The van der Waals surface area contributed by atoms with E-state index in [2.05, 4.69) is 0 Å². The molecule has 1 rings (SSSR count). The number of hydrogen-bond acceptors (Lipinski definition) is 4. The Balaban J connectivity index is 2.73. The lowest BCUT2D eigenvalue weighted by molar-refractivity contribution is 0.0550. The summed E-state index contributed by atoms with van der Waals surface area (Å²) in [4.78, 5) is 14.2. The molecule has 0 unspecified atom stereocenters. The van der Waals surface area contributed by atoms with Crippen LogP contribution in [0.3, 0.4) is 0 Å². The van der Waals surface area contributed by atoms with Gasteiger partial charge in [-0.05, 0) is 44.5 Å². The van der Waals surface area contributed by atoms with Crippen molar-refractivity contribution >= 4 is 5.91 Å². The number of carbonyl (C=O) groups excluding carboxylic acids is 1. The molecular weight excluding hydrogens is 270 g/mol. The Morgan fingerprint density at radius 2 is 1.71 bits per heavy atom. The fourth-order valence-electron chi connectivity index (χ4n) is 1.92. The topological polar surface area (TPSA) is 59.0 Å². The van der Waals surface area contributed by atoms with Gasteiger partial charge in [0.15, 0.2) is 0 Å². The fraction of sp³-hybridized carbons (Fsp3) is 0.562. The van der Waals surface area contributed by atoms with E-state index in [1.807, 2.05) is 13.8 Å². The van der Waals surface area contributed by atoms with Crippen LogP contribution in [0.1, 0.15) is 29.8 Å². The van der Waals surface area contributed by atoms with Crippen LogP contribution in [0.5, 0.6) is 5.75 Å². The lowest BCUT2D eigenvalue weighted by Gasteiger charge is -2.23. The highest BCUT2D eigenvalue weighted by Gasteiger charge is 2.16. The fourth-order valence-corrected chi connectivity index (χ4v) is 1.92. The monoisotopic (exact) mass is 295 g/mol. The third-order valence-electron chi connectivity index (χ3n) is 3.15. The summed E-state index contributed by atoms with van der Waals surface area (Å²) in [5.41, 5.74) is 1.26. The van der Waals surface area contributed by atoms with Gasteiger partial charge in [0.05, 0.1) is 13.2 Å². The van der Waals surface area contributed by atoms with Crippen molar-refractivity contribution in [3.63, 3.8) is 0 Å². The van der Waals surface area contributed by atoms with Crippen LogP contribution < -0.4 is 0 Å². The molecular formula is C16H25NO4. The lowest BCUT2D eigenvalue weighted by atomic mass is 10.1. The number of hydrogen-bond donors (Lipinski definition) is 1. The van der Waals surface area contributed by atoms with Crippen LogP contribution in [0.15, 0.2) is 18.2 Å². The van der Waals surface area contributed by atoms with Crippen LogP contribution in [0.4, 0.5) is 0 Å². The summed E-state index contributed by atoms with van der Waals surface area (Å²) in [5.74, 6) is 0.124. The molecule has 0 saturated heterocycles. The summed E-state index contributed by atoms with van der Waals surface area (Å²) in [6, 6.07) is 4.89. The van der Waals surface area contributed by atoms with Gasteiger partial charge >= 0.3 is 0 Å². The van der Waals surface area contributed by atoms with E-state index in [4.69, 9.17) is 9.47 Å². The maximum atomic E-state index is 12.5. The number of aromatic hydroxyl groups is 1. The predicted octanol–water partition coefficient (Wildman–Crippen LogP) is 2.22. The van der Waals surface area contributed by atoms with Crippen molar-refractivity contribution in [2.45, 2.75) is 20.8 Å². The molecule has 0 fully saturated rings. The molecule has 1 aromatic rings. The number of phenols is 1. The molecule has 0 saturated carbocycles. The van der Waals surface area contributed by atoms with E-state index in [0.29, 0.717) is 50.6 Å². The van der Waals surface area contributed by atoms with Gasteiger partial charge in [-0.3, -0.25) is 4.79 Å². The number of carbonyl (C=O) groups is 1. The van der Waals surface area contributed by atoms with Gasteiger partial charge in [0, 0.05) is 31.9 Å². The standard InChI is InChI=1S/C16H25NO4/c1-4-20-10-8-17(9-11-21-5-2)16(19)14-6-7-15(18)13(3)12-14/h6-7,12,18H,4-5,8-11H2,1-3H3. The van der Waals surface area contributed by atoms with E-state index in [1.54, 1.807) is 30.0 Å². The highest BCUT2D eigenvalue weighted by Crippen LogP contribution is 2.18. The van der Waals surface area contributed by atoms with E-state index in [0.717, 1.165) is 0 Å². The van der Waals surface area contributed by atoms with Gasteiger partial charge in [0.1, 0.15) is 5.75 Å². The molecule has 0 aliphatic heterocycles. The zero-order chi connectivity index (χ0) is 15.7. The third-order valence-corrected chi connectivity index (χ3v) is 3.15. The Bertz CT molecular complexity index is 438. The van der Waals surface area contributed by atoms with Gasteiger partial charge in [-0.1, -0.05) is 0 Å². The van der Waals surface area contributed by atoms with Gasteiger partial charge in [0.2, 0.25) is 0 Å². The molecule has 0 heterocycles. The van der Waals surface area contributed by atoms with Crippen molar-refractivity contribution < 1.29 is 19.4 Å². The molecule has 0 aliphatic rings. The van der Waals surface area contributed by atoms with Gasteiger partial charge in [-0.2, -0.15) is 0 Å². The first-order valence-electron chi connectivity index (χ1n) is 7.34. The second-order valence-electron chi connectivity index (χ2n) is 4.69. The normalized spacial score (nSPS) is 10.6. The molecule has 0 spiro atoms. The summed E-state index contributed by atoms with van der Waals surface area (Å²) >= 11 is 0. The molecule has 1 amide bonds. The van der Waals surface area contributed by atoms with E-state index < -0.39 is 0 Å². The summed E-state index contributed by atoms with van der Waals surface area (Å²) in [6.45, 7) is 8.95. The number of aryl methyl sites for hydroxylation is 1. The summed E-state index contributed by atoms with van der Waals surface area (Å²) in [7, 11) is 0. The Morgan fingerprint density at radius 1 is 1.14 bits per heavy atom. The highest BCUT2D eigenvalue weighted by atomic mass is 16.5. The average Bonchev–Trinajstić information content (AvgIpc) is 2.48. The first-order chi connectivity index (χ1) is 10.1.